The summed E-state index contributed by atoms with van der Waals surface area (Å²) in [5.41, 5.74) is 0.927. The molecule has 2 N–H and O–H groups in total. The van der Waals surface area contributed by atoms with Gasteiger partial charge in [0.25, 0.3) is 11.8 Å². The quantitative estimate of drug-likeness (QED) is 0.670. The molecule has 2 amide bonds. The normalized spacial score (nSPS) is 12.8. The molecule has 2 aromatic carbocycles. The average Bonchev–Trinajstić information content (AvgIpc) is 3.16. The first-order valence-electron chi connectivity index (χ1n) is 8.86. The third kappa shape index (κ3) is 5.61. The molecule has 29 heavy (non-hydrogen) atoms. The summed E-state index contributed by atoms with van der Waals surface area (Å²) in [5.74, 6) is -0.285. The van der Waals surface area contributed by atoms with Crippen molar-refractivity contribution in [3.63, 3.8) is 0 Å². The monoisotopic (exact) mass is 418 g/mol. The van der Waals surface area contributed by atoms with E-state index in [1.807, 2.05) is 0 Å². The first-order valence-corrected chi connectivity index (χ1v) is 9.24. The molecular formula is C20H19ClN2O6. The van der Waals surface area contributed by atoms with E-state index in [-0.39, 0.29) is 25.7 Å². The minimum atomic E-state index is -1.00. The summed E-state index contributed by atoms with van der Waals surface area (Å²) in [5, 5.41) is 5.78. The van der Waals surface area contributed by atoms with Crippen molar-refractivity contribution in [2.45, 2.75) is 19.4 Å². The van der Waals surface area contributed by atoms with Crippen molar-refractivity contribution in [3.8, 4) is 11.5 Å². The SMILES string of the molecule is CC(OC(=O)CCNC(=O)c1ccc(Cl)cc1)C(=O)Nc1ccc2c(c1)OCO2. The van der Waals surface area contributed by atoms with E-state index < -0.39 is 18.0 Å². The molecule has 9 heteroatoms. The Balaban J connectivity index is 1.40. The molecule has 152 valence electrons. The van der Waals surface area contributed by atoms with Gasteiger partial charge in [0.05, 0.1) is 6.42 Å². The molecule has 0 bridgehead atoms. The summed E-state index contributed by atoms with van der Waals surface area (Å²) in [6.07, 6.45) is -1.07. The molecule has 0 spiro atoms. The van der Waals surface area contributed by atoms with Crippen LogP contribution >= 0.6 is 11.6 Å². The Bertz CT molecular complexity index is 916. The number of esters is 1. The minimum absolute atomic E-state index is 0.0685. The van der Waals surface area contributed by atoms with Gasteiger partial charge in [0.15, 0.2) is 17.6 Å². The number of nitrogens with one attached hydrogen (secondary N) is 2. The van der Waals surface area contributed by atoms with Crippen LogP contribution in [-0.2, 0) is 14.3 Å². The van der Waals surface area contributed by atoms with Gasteiger partial charge in [0.2, 0.25) is 6.79 Å². The first kappa shape index (κ1) is 20.5. The second kappa shape index (κ2) is 9.29. The zero-order valence-electron chi connectivity index (χ0n) is 15.6. The zero-order valence-corrected chi connectivity index (χ0v) is 16.3. The average molecular weight is 419 g/mol. The Morgan fingerprint density at radius 2 is 1.83 bits per heavy atom. The Morgan fingerprint density at radius 3 is 2.59 bits per heavy atom. The van der Waals surface area contributed by atoms with Gasteiger partial charge in [0, 0.05) is 28.9 Å². The molecule has 0 saturated heterocycles. The maximum absolute atomic E-state index is 12.2. The minimum Gasteiger partial charge on any atom is -0.454 e. The second-order valence-electron chi connectivity index (χ2n) is 6.20. The molecule has 2 aromatic rings. The maximum Gasteiger partial charge on any atom is 0.308 e. The van der Waals surface area contributed by atoms with Crippen LogP contribution in [0.3, 0.4) is 0 Å². The number of amides is 2. The number of carbonyl (C=O) groups is 3. The molecule has 0 saturated carbocycles. The van der Waals surface area contributed by atoms with Gasteiger partial charge >= 0.3 is 5.97 Å². The highest BCUT2D eigenvalue weighted by molar-refractivity contribution is 6.30. The van der Waals surface area contributed by atoms with Gasteiger partial charge in [-0.25, -0.2) is 0 Å². The smallest absolute Gasteiger partial charge is 0.308 e. The highest BCUT2D eigenvalue weighted by atomic mass is 35.5. The lowest BCUT2D eigenvalue weighted by Crippen LogP contribution is -2.32. The van der Waals surface area contributed by atoms with E-state index in [1.54, 1.807) is 42.5 Å². The van der Waals surface area contributed by atoms with Crippen molar-refractivity contribution in [2.75, 3.05) is 18.7 Å². The second-order valence-corrected chi connectivity index (χ2v) is 6.64. The fourth-order valence-electron chi connectivity index (χ4n) is 2.51. The molecule has 0 fully saturated rings. The van der Waals surface area contributed by atoms with Crippen LogP contribution in [-0.4, -0.2) is 37.2 Å². The van der Waals surface area contributed by atoms with Crippen molar-refractivity contribution in [2.24, 2.45) is 0 Å². The Kier molecular flexibility index (Phi) is 6.56. The third-order valence-corrected chi connectivity index (χ3v) is 4.29. The molecule has 0 aliphatic carbocycles. The van der Waals surface area contributed by atoms with E-state index in [9.17, 15) is 14.4 Å². The van der Waals surface area contributed by atoms with E-state index in [1.165, 1.54) is 6.92 Å². The van der Waals surface area contributed by atoms with Gasteiger partial charge in [-0.1, -0.05) is 11.6 Å². The number of benzene rings is 2. The summed E-state index contributed by atoms with van der Waals surface area (Å²) in [6, 6.07) is 11.3. The number of carbonyl (C=O) groups excluding carboxylic acids is 3. The van der Waals surface area contributed by atoms with E-state index in [2.05, 4.69) is 10.6 Å². The number of ether oxygens (including phenoxy) is 3. The Hall–Kier alpha value is -3.26. The summed E-state index contributed by atoms with van der Waals surface area (Å²) in [6.45, 7) is 1.68. The lowest BCUT2D eigenvalue weighted by atomic mass is 10.2. The van der Waals surface area contributed by atoms with E-state index in [0.717, 1.165) is 0 Å². The molecule has 1 atom stereocenters. The molecule has 1 unspecified atom stereocenters. The Morgan fingerprint density at radius 1 is 1.10 bits per heavy atom. The standard InChI is InChI=1S/C20H19ClN2O6/c1-12(19(25)23-15-6-7-16-17(10-15)28-11-27-16)29-18(24)8-9-22-20(26)13-2-4-14(21)5-3-13/h2-7,10,12H,8-9,11H2,1H3,(H,22,26)(H,23,25). The van der Waals surface area contributed by atoms with E-state index in [0.29, 0.717) is 27.8 Å². The maximum atomic E-state index is 12.2. The van der Waals surface area contributed by atoms with Crippen LogP contribution in [0, 0.1) is 0 Å². The van der Waals surface area contributed by atoms with Crippen LogP contribution in [0.2, 0.25) is 5.02 Å². The predicted octanol–water partition coefficient (Wildman–Crippen LogP) is 2.76. The van der Waals surface area contributed by atoms with E-state index >= 15 is 0 Å². The first-order chi connectivity index (χ1) is 13.9. The number of fused-ring (bicyclic) bond motifs is 1. The van der Waals surface area contributed by atoms with Crippen molar-refractivity contribution in [1.29, 1.82) is 0 Å². The van der Waals surface area contributed by atoms with Gasteiger partial charge in [-0.3, -0.25) is 14.4 Å². The fourth-order valence-corrected chi connectivity index (χ4v) is 2.64. The third-order valence-electron chi connectivity index (χ3n) is 4.04. The van der Waals surface area contributed by atoms with Crippen molar-refractivity contribution < 1.29 is 28.6 Å². The molecule has 1 heterocycles. The lowest BCUT2D eigenvalue weighted by Gasteiger charge is -2.14. The summed E-state index contributed by atoms with van der Waals surface area (Å²) in [4.78, 5) is 36.1. The molecule has 8 nitrogen and oxygen atoms in total. The van der Waals surface area contributed by atoms with Crippen molar-refractivity contribution >= 4 is 35.1 Å². The largest absolute Gasteiger partial charge is 0.454 e. The molecule has 0 aromatic heterocycles. The van der Waals surface area contributed by atoms with Crippen LogP contribution in [0.4, 0.5) is 5.69 Å². The van der Waals surface area contributed by atoms with Crippen molar-refractivity contribution in [3.05, 3.63) is 53.1 Å². The van der Waals surface area contributed by atoms with Gasteiger partial charge in [-0.2, -0.15) is 0 Å². The number of hydrogen-bond donors (Lipinski definition) is 2. The van der Waals surface area contributed by atoms with Crippen LogP contribution in [0.5, 0.6) is 11.5 Å². The topological polar surface area (TPSA) is 103 Å². The highest BCUT2D eigenvalue weighted by Crippen LogP contribution is 2.34. The number of halogens is 1. The molecule has 1 aliphatic rings. The van der Waals surface area contributed by atoms with Crippen LogP contribution in [0.15, 0.2) is 42.5 Å². The van der Waals surface area contributed by atoms with Gasteiger partial charge in [0.1, 0.15) is 0 Å². The predicted molar refractivity (Wildman–Crippen MR) is 105 cm³/mol. The van der Waals surface area contributed by atoms with Gasteiger partial charge in [-0.15, -0.1) is 0 Å². The lowest BCUT2D eigenvalue weighted by molar-refractivity contribution is -0.153. The number of rotatable bonds is 7. The van der Waals surface area contributed by atoms with E-state index in [4.69, 9.17) is 25.8 Å². The Labute approximate surface area is 172 Å². The summed E-state index contributed by atoms with van der Waals surface area (Å²) in [7, 11) is 0. The highest BCUT2D eigenvalue weighted by Gasteiger charge is 2.20. The molecule has 3 rings (SSSR count). The summed E-state index contributed by atoms with van der Waals surface area (Å²) < 4.78 is 15.6. The fraction of sp³-hybridized carbons (Fsp3) is 0.250. The summed E-state index contributed by atoms with van der Waals surface area (Å²) >= 11 is 5.77. The molecule has 0 radical (unpaired) electrons. The van der Waals surface area contributed by atoms with Gasteiger partial charge in [-0.05, 0) is 43.3 Å². The molecule has 1 aliphatic heterocycles. The number of anilines is 1. The van der Waals surface area contributed by atoms with Crippen molar-refractivity contribution in [1.82, 2.24) is 5.32 Å². The number of hydrogen-bond acceptors (Lipinski definition) is 6. The zero-order chi connectivity index (χ0) is 20.8. The van der Waals surface area contributed by atoms with Crippen LogP contribution < -0.4 is 20.1 Å². The van der Waals surface area contributed by atoms with Gasteiger partial charge < -0.3 is 24.8 Å². The van der Waals surface area contributed by atoms with Crippen LogP contribution in [0.25, 0.3) is 0 Å². The molecular weight excluding hydrogens is 400 g/mol. The van der Waals surface area contributed by atoms with Crippen LogP contribution in [0.1, 0.15) is 23.7 Å².